The van der Waals surface area contributed by atoms with E-state index in [0.717, 1.165) is 43.2 Å². The first kappa shape index (κ1) is 26.0. The van der Waals surface area contributed by atoms with Gasteiger partial charge in [0.25, 0.3) is 0 Å². The SMILES string of the molecule is C=CCCOC1CCC(OC(=O)c2ccc(/C=C/C(=O)OCCc3ccc(N)cc3N)cc2)CC1. The quantitative estimate of drug-likeness (QED) is 0.158. The van der Waals surface area contributed by atoms with Gasteiger partial charge in [0, 0.05) is 23.9 Å². The monoisotopic (exact) mass is 478 g/mol. The highest BCUT2D eigenvalue weighted by Gasteiger charge is 2.24. The average molecular weight is 479 g/mol. The Balaban J connectivity index is 1.39. The van der Waals surface area contributed by atoms with E-state index in [1.54, 1.807) is 42.5 Å². The Morgan fingerprint density at radius 3 is 2.37 bits per heavy atom. The summed E-state index contributed by atoms with van der Waals surface area (Å²) in [6.45, 7) is 4.60. The summed E-state index contributed by atoms with van der Waals surface area (Å²) >= 11 is 0. The molecule has 0 atom stereocenters. The van der Waals surface area contributed by atoms with Crippen molar-refractivity contribution in [2.45, 2.75) is 50.7 Å². The van der Waals surface area contributed by atoms with E-state index in [4.69, 9.17) is 25.7 Å². The van der Waals surface area contributed by atoms with E-state index in [-0.39, 0.29) is 24.8 Å². The second-order valence-corrected chi connectivity index (χ2v) is 8.58. The van der Waals surface area contributed by atoms with Crippen LogP contribution in [0.5, 0.6) is 0 Å². The fourth-order valence-corrected chi connectivity index (χ4v) is 3.90. The molecule has 0 unspecified atom stereocenters. The van der Waals surface area contributed by atoms with E-state index >= 15 is 0 Å². The predicted molar refractivity (Wildman–Crippen MR) is 138 cm³/mol. The molecular weight excluding hydrogens is 444 g/mol. The molecule has 35 heavy (non-hydrogen) atoms. The Bertz CT molecular complexity index is 1020. The van der Waals surface area contributed by atoms with E-state index < -0.39 is 5.97 Å². The zero-order valence-electron chi connectivity index (χ0n) is 20.0. The molecule has 4 N–H and O–H groups in total. The van der Waals surface area contributed by atoms with E-state index in [2.05, 4.69) is 6.58 Å². The van der Waals surface area contributed by atoms with Gasteiger partial charge in [-0.15, -0.1) is 6.58 Å². The lowest BCUT2D eigenvalue weighted by atomic mass is 9.95. The van der Waals surface area contributed by atoms with Crippen LogP contribution in [0.2, 0.25) is 0 Å². The zero-order chi connectivity index (χ0) is 25.0. The third kappa shape index (κ3) is 8.61. The van der Waals surface area contributed by atoms with Gasteiger partial charge in [-0.05, 0) is 73.6 Å². The van der Waals surface area contributed by atoms with Crippen molar-refractivity contribution < 1.29 is 23.8 Å². The van der Waals surface area contributed by atoms with Crippen LogP contribution in [0.4, 0.5) is 11.4 Å². The van der Waals surface area contributed by atoms with E-state index in [9.17, 15) is 9.59 Å². The third-order valence-corrected chi connectivity index (χ3v) is 5.91. The summed E-state index contributed by atoms with van der Waals surface area (Å²) in [5.41, 5.74) is 14.9. The van der Waals surface area contributed by atoms with Crippen LogP contribution >= 0.6 is 0 Å². The maximum atomic E-state index is 12.5. The summed E-state index contributed by atoms with van der Waals surface area (Å²) in [6, 6.07) is 12.2. The van der Waals surface area contributed by atoms with Gasteiger partial charge < -0.3 is 25.7 Å². The summed E-state index contributed by atoms with van der Waals surface area (Å²) in [5.74, 6) is -0.788. The number of benzene rings is 2. The van der Waals surface area contributed by atoms with Crippen LogP contribution in [0.15, 0.2) is 61.2 Å². The molecule has 0 bridgehead atoms. The summed E-state index contributed by atoms with van der Waals surface area (Å²) in [7, 11) is 0. The number of nitrogens with two attached hydrogens (primary N) is 2. The highest BCUT2D eigenvalue weighted by Crippen LogP contribution is 2.24. The molecule has 0 radical (unpaired) electrons. The van der Waals surface area contributed by atoms with Gasteiger partial charge in [-0.1, -0.05) is 24.3 Å². The van der Waals surface area contributed by atoms with Crippen molar-refractivity contribution in [3.05, 3.63) is 77.9 Å². The van der Waals surface area contributed by atoms with Gasteiger partial charge in [0.05, 0.1) is 24.9 Å². The molecule has 0 heterocycles. The Kier molecular flexibility index (Phi) is 9.93. The molecule has 0 saturated heterocycles. The lowest BCUT2D eigenvalue weighted by Crippen LogP contribution is -2.28. The zero-order valence-corrected chi connectivity index (χ0v) is 20.0. The summed E-state index contributed by atoms with van der Waals surface area (Å²) < 4.78 is 16.7. The number of anilines is 2. The molecule has 7 heteroatoms. The van der Waals surface area contributed by atoms with E-state index in [1.807, 2.05) is 12.1 Å². The molecule has 186 valence electrons. The van der Waals surface area contributed by atoms with Crippen LogP contribution in [0, 0.1) is 0 Å². The van der Waals surface area contributed by atoms with Crippen LogP contribution in [-0.2, 0) is 25.4 Å². The first-order valence-corrected chi connectivity index (χ1v) is 12.0. The minimum Gasteiger partial charge on any atom is -0.462 e. The lowest BCUT2D eigenvalue weighted by molar-refractivity contribution is -0.137. The van der Waals surface area contributed by atoms with Crippen LogP contribution in [0.25, 0.3) is 6.08 Å². The van der Waals surface area contributed by atoms with Gasteiger partial charge in [-0.2, -0.15) is 0 Å². The van der Waals surface area contributed by atoms with Crippen molar-refractivity contribution in [3.63, 3.8) is 0 Å². The third-order valence-electron chi connectivity index (χ3n) is 5.91. The molecule has 7 nitrogen and oxygen atoms in total. The van der Waals surface area contributed by atoms with Crippen molar-refractivity contribution in [2.75, 3.05) is 24.7 Å². The van der Waals surface area contributed by atoms with Crippen molar-refractivity contribution in [1.82, 2.24) is 0 Å². The molecule has 0 spiro atoms. The predicted octanol–water partition coefficient (Wildman–Crippen LogP) is 4.71. The molecular formula is C28H34N2O5. The molecule has 1 fully saturated rings. The molecule has 0 amide bonds. The van der Waals surface area contributed by atoms with Gasteiger partial charge in [0.15, 0.2) is 0 Å². The van der Waals surface area contributed by atoms with Crippen LogP contribution in [-0.4, -0.2) is 37.4 Å². The van der Waals surface area contributed by atoms with Gasteiger partial charge in [0.2, 0.25) is 0 Å². The minimum absolute atomic E-state index is 0.0836. The highest BCUT2D eigenvalue weighted by molar-refractivity contribution is 5.90. The first-order chi connectivity index (χ1) is 16.9. The lowest BCUT2D eigenvalue weighted by Gasteiger charge is -2.28. The van der Waals surface area contributed by atoms with Crippen LogP contribution < -0.4 is 11.5 Å². The second-order valence-electron chi connectivity index (χ2n) is 8.58. The van der Waals surface area contributed by atoms with Gasteiger partial charge in [-0.3, -0.25) is 0 Å². The molecule has 1 aliphatic rings. The first-order valence-electron chi connectivity index (χ1n) is 12.0. The van der Waals surface area contributed by atoms with Gasteiger partial charge >= 0.3 is 11.9 Å². The van der Waals surface area contributed by atoms with Crippen molar-refractivity contribution in [3.8, 4) is 0 Å². The summed E-state index contributed by atoms with van der Waals surface area (Å²) in [6.07, 6.45) is 9.74. The number of rotatable bonds is 11. The number of ether oxygens (including phenoxy) is 3. The van der Waals surface area contributed by atoms with Crippen molar-refractivity contribution >= 4 is 29.4 Å². The minimum atomic E-state index is -0.452. The molecule has 3 rings (SSSR count). The topological polar surface area (TPSA) is 114 Å². The molecule has 0 aromatic heterocycles. The van der Waals surface area contributed by atoms with Crippen molar-refractivity contribution in [1.29, 1.82) is 0 Å². The summed E-state index contributed by atoms with van der Waals surface area (Å²) in [4.78, 5) is 24.5. The van der Waals surface area contributed by atoms with E-state index in [1.165, 1.54) is 6.08 Å². The van der Waals surface area contributed by atoms with Gasteiger partial charge in [0.1, 0.15) is 6.10 Å². The summed E-state index contributed by atoms with van der Waals surface area (Å²) in [5, 5.41) is 0. The standard InChI is InChI=1S/C28H34N2O5/c1-2-3-17-33-24-11-13-25(14-12-24)35-28(32)22-7-4-20(5-8-22)6-15-27(31)34-18-16-21-9-10-23(29)19-26(21)30/h2,4-10,15,19,24-25H,1,3,11-14,16-18,29-30H2/b15-6+. The Morgan fingerprint density at radius 2 is 1.69 bits per heavy atom. The molecule has 0 aliphatic heterocycles. The Hall–Kier alpha value is -3.58. The number of carbonyl (C=O) groups is 2. The average Bonchev–Trinajstić information content (AvgIpc) is 2.85. The number of carbonyl (C=O) groups excluding carboxylic acids is 2. The second kappa shape index (κ2) is 13.3. The normalized spacial score (nSPS) is 17.7. The number of hydrogen-bond acceptors (Lipinski definition) is 7. The highest BCUT2D eigenvalue weighted by atomic mass is 16.5. The van der Waals surface area contributed by atoms with Crippen LogP contribution in [0.3, 0.4) is 0 Å². The smallest absolute Gasteiger partial charge is 0.338 e. The number of nitrogen functional groups attached to an aromatic ring is 2. The van der Waals surface area contributed by atoms with Crippen molar-refractivity contribution in [2.24, 2.45) is 0 Å². The maximum absolute atomic E-state index is 12.5. The van der Waals surface area contributed by atoms with Crippen LogP contribution in [0.1, 0.15) is 53.6 Å². The van der Waals surface area contributed by atoms with E-state index in [0.29, 0.717) is 30.0 Å². The molecule has 1 saturated carbocycles. The van der Waals surface area contributed by atoms with Gasteiger partial charge in [-0.25, -0.2) is 9.59 Å². The molecule has 2 aromatic carbocycles. The number of hydrogen-bond donors (Lipinski definition) is 2. The number of esters is 2. The molecule has 2 aromatic rings. The Morgan fingerprint density at radius 1 is 0.971 bits per heavy atom. The fourth-order valence-electron chi connectivity index (χ4n) is 3.90. The maximum Gasteiger partial charge on any atom is 0.338 e. The Labute approximate surface area is 206 Å². The fraction of sp³-hybridized carbons (Fsp3) is 0.357. The molecule has 1 aliphatic carbocycles. The largest absolute Gasteiger partial charge is 0.462 e.